The van der Waals surface area contributed by atoms with E-state index in [-0.39, 0.29) is 24.2 Å². The Morgan fingerprint density at radius 1 is 0.753 bits per heavy atom. The number of benzene rings is 2. The first-order valence-corrected chi connectivity index (χ1v) is 29.9. The van der Waals surface area contributed by atoms with E-state index in [0.717, 1.165) is 112 Å². The summed E-state index contributed by atoms with van der Waals surface area (Å²) in [6.07, 6.45) is 15.6. The SMILES string of the molecule is Cn1nc2ccc(-c3c[nH]c4nc(N5[C@@H]6CC[C@H]5CC(N)C6)cnc34)c(Cl)c2n1.Cn1nc2ccc(-c3cn(COCC[Si](C)(C)C)c4nc(N5[C@@H]6CC[C@H]5CC(NC(=O)OC(C)(C)C)C6)cnc34)c(Cl)c2n1. The molecule has 1 amide bonds. The van der Waals surface area contributed by atoms with Crippen molar-refractivity contribution in [1.82, 2.24) is 64.8 Å². The van der Waals surface area contributed by atoms with Crippen LogP contribution in [-0.2, 0) is 30.3 Å². The molecule has 19 nitrogen and oxygen atoms in total. The summed E-state index contributed by atoms with van der Waals surface area (Å²) in [6, 6.07) is 10.7. The van der Waals surface area contributed by atoms with Crippen molar-refractivity contribution >= 4 is 93.4 Å². The van der Waals surface area contributed by atoms with Crippen molar-refractivity contribution in [2.75, 3.05) is 16.4 Å². The summed E-state index contributed by atoms with van der Waals surface area (Å²) in [7, 11) is 2.34. The highest BCUT2D eigenvalue weighted by atomic mass is 35.5. The fraction of sp³-hybridized carbons (Fsp3) is 0.510. The fourth-order valence-corrected chi connectivity index (χ4v) is 12.8. The van der Waals surface area contributed by atoms with E-state index in [4.69, 9.17) is 58.3 Å². The highest BCUT2D eigenvalue weighted by Gasteiger charge is 2.43. The second-order valence-electron chi connectivity index (χ2n) is 22.5. The second kappa shape index (κ2) is 19.1. The maximum atomic E-state index is 12.5. The predicted octanol–water partition coefficient (Wildman–Crippen LogP) is 9.39. The summed E-state index contributed by atoms with van der Waals surface area (Å²) < 4.78 is 13.7. The Hall–Kier alpha value is -5.93. The Labute approximate surface area is 434 Å². The number of aryl methyl sites for hydroxylation is 2. The van der Waals surface area contributed by atoms with Gasteiger partial charge in [0.2, 0.25) is 0 Å². The van der Waals surface area contributed by atoms with Crippen LogP contribution in [0.2, 0.25) is 35.7 Å². The fourth-order valence-electron chi connectivity index (χ4n) is 11.5. The van der Waals surface area contributed by atoms with Gasteiger partial charge in [-0.15, -0.1) is 0 Å². The maximum absolute atomic E-state index is 12.5. The van der Waals surface area contributed by atoms with Crippen LogP contribution in [0.25, 0.3) is 66.6 Å². The Morgan fingerprint density at radius 2 is 1.30 bits per heavy atom. The maximum Gasteiger partial charge on any atom is 0.407 e. The minimum atomic E-state index is -1.23. The molecule has 4 saturated heterocycles. The number of aromatic nitrogens is 12. The van der Waals surface area contributed by atoms with Crippen molar-refractivity contribution in [1.29, 1.82) is 0 Å². The number of anilines is 2. The van der Waals surface area contributed by atoms with Gasteiger partial charge in [-0.2, -0.15) is 30.0 Å². The molecule has 0 aliphatic carbocycles. The molecule has 0 radical (unpaired) electrons. The van der Waals surface area contributed by atoms with Gasteiger partial charge in [-0.3, -0.25) is 0 Å². The molecular formula is C51H64Cl2N16O3Si. The zero-order valence-electron chi connectivity index (χ0n) is 42.7. The van der Waals surface area contributed by atoms with E-state index >= 15 is 0 Å². The summed E-state index contributed by atoms with van der Waals surface area (Å²) in [5.41, 5.74) is 15.2. The van der Waals surface area contributed by atoms with Crippen molar-refractivity contribution in [3.8, 4) is 22.3 Å². The summed E-state index contributed by atoms with van der Waals surface area (Å²) >= 11 is 13.6. The number of rotatable bonds is 10. The van der Waals surface area contributed by atoms with Gasteiger partial charge in [0.1, 0.15) is 57.1 Å². The molecule has 4 bridgehead atoms. The molecule has 8 aromatic rings. The number of hydrogen-bond acceptors (Lipinski definition) is 14. The van der Waals surface area contributed by atoms with Crippen LogP contribution in [0.5, 0.6) is 0 Å². The van der Waals surface area contributed by atoms with E-state index in [0.29, 0.717) is 52.5 Å². The molecule has 0 saturated carbocycles. The van der Waals surface area contributed by atoms with E-state index in [1.165, 1.54) is 22.4 Å². The number of nitrogens with one attached hydrogen (secondary N) is 2. The molecule has 4 N–H and O–H groups in total. The summed E-state index contributed by atoms with van der Waals surface area (Å²) in [5.74, 6) is 1.78. The number of hydrogen-bond donors (Lipinski definition) is 3. The zero-order chi connectivity index (χ0) is 51.1. The minimum Gasteiger partial charge on any atom is -0.444 e. The predicted molar refractivity (Wildman–Crippen MR) is 289 cm³/mol. The average molecular weight is 1050 g/mol. The van der Waals surface area contributed by atoms with E-state index in [1.807, 2.05) is 74.4 Å². The van der Waals surface area contributed by atoms with Gasteiger partial charge >= 0.3 is 6.09 Å². The van der Waals surface area contributed by atoms with Crippen LogP contribution in [0.15, 0.2) is 49.1 Å². The third kappa shape index (κ3) is 9.83. The molecule has 6 atom stereocenters. The number of H-pyrrole nitrogens is 1. The highest BCUT2D eigenvalue weighted by molar-refractivity contribution is 6.76. The first-order valence-electron chi connectivity index (χ1n) is 25.4. The molecule has 384 valence electrons. The van der Waals surface area contributed by atoms with Crippen LogP contribution < -0.4 is 20.9 Å². The summed E-state index contributed by atoms with van der Waals surface area (Å²) in [6.45, 7) is 13.8. The lowest BCUT2D eigenvalue weighted by molar-refractivity contribution is 0.0492. The monoisotopic (exact) mass is 1050 g/mol. The number of carbonyl (C=O) groups is 1. The number of ether oxygens (including phenoxy) is 2. The number of aromatic amines is 1. The third-order valence-electron chi connectivity index (χ3n) is 14.7. The number of halogens is 2. The van der Waals surface area contributed by atoms with Gasteiger partial charge in [0.05, 0.1) is 22.4 Å². The van der Waals surface area contributed by atoms with E-state index < -0.39 is 13.7 Å². The van der Waals surface area contributed by atoms with Crippen LogP contribution >= 0.6 is 23.2 Å². The molecule has 73 heavy (non-hydrogen) atoms. The third-order valence-corrected chi connectivity index (χ3v) is 17.1. The first kappa shape index (κ1) is 49.3. The molecule has 4 aliphatic rings. The molecule has 4 fully saturated rings. The van der Waals surface area contributed by atoms with Gasteiger partial charge in [-0.1, -0.05) is 55.0 Å². The van der Waals surface area contributed by atoms with Gasteiger partial charge < -0.3 is 39.9 Å². The van der Waals surface area contributed by atoms with Gasteiger partial charge in [0.25, 0.3) is 0 Å². The van der Waals surface area contributed by atoms with E-state index in [9.17, 15) is 4.79 Å². The number of carbonyl (C=O) groups excluding carboxylic acids is 1. The zero-order valence-corrected chi connectivity index (χ0v) is 45.2. The normalized spacial score (nSPS) is 22.0. The van der Waals surface area contributed by atoms with Crippen LogP contribution in [0, 0.1) is 0 Å². The van der Waals surface area contributed by atoms with E-state index in [2.05, 4.69) is 60.1 Å². The molecular weight excluding hydrogens is 984 g/mol. The van der Waals surface area contributed by atoms with Gasteiger partial charge in [-0.05, 0) is 90.3 Å². The van der Waals surface area contributed by atoms with Crippen LogP contribution in [0.4, 0.5) is 16.4 Å². The summed E-state index contributed by atoms with van der Waals surface area (Å²) in [4.78, 5) is 43.5. The lowest BCUT2D eigenvalue weighted by Crippen LogP contribution is -2.51. The lowest BCUT2D eigenvalue weighted by Gasteiger charge is -2.39. The summed E-state index contributed by atoms with van der Waals surface area (Å²) in [5, 5.41) is 21.8. The van der Waals surface area contributed by atoms with Crippen molar-refractivity contribution in [2.24, 2.45) is 19.8 Å². The number of alkyl carbamates (subject to hydrolysis) is 1. The number of nitrogens with zero attached hydrogens (tertiary/aromatic N) is 13. The van der Waals surface area contributed by atoms with E-state index in [1.54, 1.807) is 14.1 Å². The van der Waals surface area contributed by atoms with Gasteiger partial charge in [-0.25, -0.2) is 24.7 Å². The number of amides is 1. The highest BCUT2D eigenvalue weighted by Crippen LogP contribution is 2.43. The van der Waals surface area contributed by atoms with Crippen LogP contribution in [0.1, 0.15) is 72.1 Å². The molecule has 22 heteroatoms. The molecule has 2 unspecified atom stereocenters. The number of piperidine rings is 2. The van der Waals surface area contributed by atoms with Gasteiger partial charge in [0.15, 0.2) is 11.3 Å². The molecule has 4 aliphatic heterocycles. The second-order valence-corrected chi connectivity index (χ2v) is 28.9. The number of nitrogens with two attached hydrogens (primary N) is 1. The van der Waals surface area contributed by atoms with Crippen molar-refractivity contribution in [3.63, 3.8) is 0 Å². The molecule has 10 heterocycles. The average Bonchev–Trinajstić information content (AvgIpc) is 4.18. The standard InChI is InChI=1S/C31H43ClN8O3Si.C20H21ClN8/c1-31(2,3)43-30(41)34-19-14-20-8-9-21(15-19)40(20)25-16-33-27-23(22-10-11-24-28(26(22)32)37-38(4)36-24)17-39(29(27)35-25)18-42-12-13-44(5,6)7;1-28-26-15-5-4-13(17(21)19(15)27-28)14-8-24-20-18(14)23-9-16(25-20)29-11-2-3-12(29)7-10(22)6-11/h10-11,16-17,19-21H,8-9,12-15,18H2,1-7H3,(H,34,41);4-5,8-12H,2-3,6-7,22H2,1H3,(H,24,25)/t19?,20-,21+;10?,11-,12+. The quantitative estimate of drug-likeness (QED) is 0.0860. The molecule has 2 aromatic carbocycles. The Balaban J connectivity index is 0.000000170. The van der Waals surface area contributed by atoms with Crippen molar-refractivity contribution in [3.05, 3.63) is 59.1 Å². The first-order chi connectivity index (χ1) is 34.8. The Bertz CT molecular complexity index is 3350. The molecule has 6 aromatic heterocycles. The minimum absolute atomic E-state index is 0.0728. The lowest BCUT2D eigenvalue weighted by atomic mass is 9.97. The molecule has 12 rings (SSSR count). The smallest absolute Gasteiger partial charge is 0.407 e. The molecule has 0 spiro atoms. The van der Waals surface area contributed by atoms with Crippen LogP contribution in [-0.4, -0.2) is 122 Å². The van der Waals surface area contributed by atoms with Crippen molar-refractivity contribution in [2.45, 2.75) is 146 Å². The topological polar surface area (TPSA) is 214 Å². The Morgan fingerprint density at radius 3 is 1.88 bits per heavy atom. The van der Waals surface area contributed by atoms with Gasteiger partial charge in [0, 0.05) is 99.7 Å². The Kier molecular flexibility index (Phi) is 12.9. The van der Waals surface area contributed by atoms with Crippen LogP contribution in [0.3, 0.4) is 0 Å². The largest absolute Gasteiger partial charge is 0.444 e. The van der Waals surface area contributed by atoms with Crippen molar-refractivity contribution < 1.29 is 14.3 Å². The number of fused-ring (bicyclic) bond motifs is 8.